The highest BCUT2D eigenvalue weighted by Crippen LogP contribution is 2.45. The maximum absolute atomic E-state index is 12.5. The minimum absolute atomic E-state index is 0.0127. The number of amides is 2. The highest BCUT2D eigenvalue weighted by atomic mass is 16.6. The van der Waals surface area contributed by atoms with E-state index in [4.69, 9.17) is 9.47 Å². The summed E-state index contributed by atoms with van der Waals surface area (Å²) in [5.41, 5.74) is 9.29. The maximum atomic E-state index is 12.5. The lowest BCUT2D eigenvalue weighted by Crippen LogP contribution is -2.36. The summed E-state index contributed by atoms with van der Waals surface area (Å²) < 4.78 is 11.2. The molecule has 9 nitrogen and oxygen atoms in total. The van der Waals surface area contributed by atoms with Crippen molar-refractivity contribution in [3.05, 3.63) is 119 Å². The quantitative estimate of drug-likeness (QED) is 0.141. The number of benzene rings is 4. The summed E-state index contributed by atoms with van der Waals surface area (Å²) in [5, 5.41) is 15.0. The Balaban J connectivity index is 0.888. The Morgan fingerprint density at radius 2 is 0.915 bits per heavy atom. The summed E-state index contributed by atoms with van der Waals surface area (Å²) >= 11 is 0. The van der Waals surface area contributed by atoms with Crippen LogP contribution in [0.4, 0.5) is 9.59 Å². The Hall–Kier alpha value is -5.15. The van der Waals surface area contributed by atoms with E-state index >= 15 is 0 Å². The van der Waals surface area contributed by atoms with Gasteiger partial charge in [-0.05, 0) is 57.3 Å². The van der Waals surface area contributed by atoms with E-state index in [1.807, 2.05) is 48.5 Å². The van der Waals surface area contributed by atoms with Gasteiger partial charge in [0, 0.05) is 38.0 Å². The van der Waals surface area contributed by atoms with Gasteiger partial charge < -0.3 is 25.2 Å². The van der Waals surface area contributed by atoms with E-state index in [1.165, 1.54) is 22.3 Å². The van der Waals surface area contributed by atoms with Gasteiger partial charge in [0.05, 0.1) is 6.54 Å². The lowest BCUT2D eigenvalue weighted by Gasteiger charge is -2.20. The van der Waals surface area contributed by atoms with Crippen molar-refractivity contribution in [2.45, 2.75) is 24.7 Å². The zero-order valence-electron chi connectivity index (χ0n) is 26.2. The Morgan fingerprint density at radius 1 is 0.574 bits per heavy atom. The fourth-order valence-corrected chi connectivity index (χ4v) is 6.75. The number of carboxylic acids is 1. The number of hydrogen-bond donors (Lipinski definition) is 3. The predicted molar refractivity (Wildman–Crippen MR) is 179 cm³/mol. The van der Waals surface area contributed by atoms with E-state index in [0.29, 0.717) is 39.0 Å². The van der Waals surface area contributed by atoms with Crippen LogP contribution in [0.1, 0.15) is 46.9 Å². The van der Waals surface area contributed by atoms with E-state index in [9.17, 15) is 19.5 Å². The SMILES string of the molecule is O=C(O)CN(CCCNC(=O)OCC1c2ccccc2-c2ccccc21)CCCNC(=O)OCC1c2ccccc2-c2ccccc21. The van der Waals surface area contributed by atoms with Crippen molar-refractivity contribution >= 4 is 18.2 Å². The summed E-state index contributed by atoms with van der Waals surface area (Å²) in [5.74, 6) is -0.957. The number of fused-ring (bicyclic) bond motifs is 6. The first-order valence-corrected chi connectivity index (χ1v) is 16.1. The largest absolute Gasteiger partial charge is 0.480 e. The molecule has 242 valence electrons. The van der Waals surface area contributed by atoms with Gasteiger partial charge >= 0.3 is 18.2 Å². The summed E-state index contributed by atoms with van der Waals surface area (Å²) in [6.45, 7) is 2.00. The number of hydrogen-bond acceptors (Lipinski definition) is 6. The third-order valence-corrected chi connectivity index (χ3v) is 8.89. The number of carbonyl (C=O) groups excluding carboxylic acids is 2. The highest BCUT2D eigenvalue weighted by molar-refractivity contribution is 5.80. The molecule has 0 saturated carbocycles. The van der Waals surface area contributed by atoms with Gasteiger partial charge in [0.1, 0.15) is 13.2 Å². The molecule has 4 aromatic rings. The van der Waals surface area contributed by atoms with Crippen LogP contribution in [0.25, 0.3) is 22.3 Å². The molecule has 0 spiro atoms. The fourth-order valence-electron chi connectivity index (χ4n) is 6.75. The van der Waals surface area contributed by atoms with E-state index in [0.717, 1.165) is 22.3 Å². The van der Waals surface area contributed by atoms with Crippen LogP contribution in [0, 0.1) is 0 Å². The molecular weight excluding hydrogens is 594 g/mol. The molecule has 9 heteroatoms. The molecule has 3 N–H and O–H groups in total. The molecular formula is C38H39N3O6. The lowest BCUT2D eigenvalue weighted by molar-refractivity contribution is -0.138. The second-order valence-electron chi connectivity index (χ2n) is 11.9. The molecule has 0 heterocycles. The second-order valence-corrected chi connectivity index (χ2v) is 11.9. The summed E-state index contributed by atoms with van der Waals surface area (Å²) in [6.07, 6.45) is 0.113. The number of carboxylic acid groups (broad SMARTS) is 1. The van der Waals surface area contributed by atoms with E-state index in [-0.39, 0.29) is 31.6 Å². The third-order valence-electron chi connectivity index (χ3n) is 8.89. The lowest BCUT2D eigenvalue weighted by atomic mass is 9.98. The molecule has 0 bridgehead atoms. The normalized spacial score (nSPS) is 13.0. The van der Waals surface area contributed by atoms with Crippen molar-refractivity contribution < 1.29 is 29.0 Å². The molecule has 0 aromatic heterocycles. The smallest absolute Gasteiger partial charge is 0.407 e. The molecule has 2 aliphatic carbocycles. The minimum atomic E-state index is -0.931. The zero-order chi connectivity index (χ0) is 32.6. The van der Waals surface area contributed by atoms with Crippen molar-refractivity contribution in [3.63, 3.8) is 0 Å². The average molecular weight is 634 g/mol. The minimum Gasteiger partial charge on any atom is -0.480 e. The van der Waals surface area contributed by atoms with Crippen LogP contribution in [-0.2, 0) is 14.3 Å². The fraction of sp³-hybridized carbons (Fsp3) is 0.289. The van der Waals surface area contributed by atoms with E-state index in [2.05, 4.69) is 59.2 Å². The van der Waals surface area contributed by atoms with Crippen LogP contribution in [-0.4, -0.2) is 74.1 Å². The third kappa shape index (κ3) is 7.47. The van der Waals surface area contributed by atoms with Gasteiger partial charge in [-0.2, -0.15) is 0 Å². The Bertz CT molecular complexity index is 1530. The first-order valence-electron chi connectivity index (χ1n) is 16.1. The van der Waals surface area contributed by atoms with Crippen LogP contribution in [0.15, 0.2) is 97.1 Å². The Labute approximate surface area is 274 Å². The molecule has 0 unspecified atom stereocenters. The summed E-state index contributed by atoms with van der Waals surface area (Å²) in [4.78, 5) is 38.2. The number of nitrogens with one attached hydrogen (secondary N) is 2. The molecule has 47 heavy (non-hydrogen) atoms. The van der Waals surface area contributed by atoms with Crippen molar-refractivity contribution in [1.29, 1.82) is 0 Å². The van der Waals surface area contributed by atoms with Crippen LogP contribution in [0.3, 0.4) is 0 Å². The zero-order valence-corrected chi connectivity index (χ0v) is 26.2. The van der Waals surface area contributed by atoms with Gasteiger partial charge in [-0.3, -0.25) is 9.69 Å². The van der Waals surface area contributed by atoms with Crippen LogP contribution in [0.2, 0.25) is 0 Å². The Morgan fingerprint density at radius 3 is 1.26 bits per heavy atom. The molecule has 2 amide bonds. The molecule has 0 fully saturated rings. The van der Waals surface area contributed by atoms with E-state index < -0.39 is 18.2 Å². The topological polar surface area (TPSA) is 117 Å². The monoisotopic (exact) mass is 633 g/mol. The van der Waals surface area contributed by atoms with E-state index in [1.54, 1.807) is 4.90 Å². The van der Waals surface area contributed by atoms with Crippen LogP contribution in [0.5, 0.6) is 0 Å². The van der Waals surface area contributed by atoms with Gasteiger partial charge in [0.15, 0.2) is 0 Å². The molecule has 0 radical (unpaired) electrons. The predicted octanol–water partition coefficient (Wildman–Crippen LogP) is 6.23. The van der Waals surface area contributed by atoms with Gasteiger partial charge in [0.25, 0.3) is 0 Å². The summed E-state index contributed by atoms with van der Waals surface area (Å²) in [6, 6.07) is 32.7. The number of rotatable bonds is 14. The molecule has 0 atom stereocenters. The van der Waals surface area contributed by atoms with Crippen LogP contribution < -0.4 is 10.6 Å². The maximum Gasteiger partial charge on any atom is 0.407 e. The number of alkyl carbamates (subject to hydrolysis) is 2. The second kappa shape index (κ2) is 15.0. The van der Waals surface area contributed by atoms with Crippen molar-refractivity contribution in [2.75, 3.05) is 45.9 Å². The number of carbonyl (C=O) groups is 3. The highest BCUT2D eigenvalue weighted by Gasteiger charge is 2.30. The number of aliphatic carboxylic acids is 1. The van der Waals surface area contributed by atoms with Gasteiger partial charge in [-0.25, -0.2) is 9.59 Å². The van der Waals surface area contributed by atoms with Crippen molar-refractivity contribution in [1.82, 2.24) is 15.5 Å². The van der Waals surface area contributed by atoms with Crippen LogP contribution >= 0.6 is 0 Å². The first kappa shape index (κ1) is 31.8. The van der Waals surface area contributed by atoms with Gasteiger partial charge in [0.2, 0.25) is 0 Å². The Kier molecular flexibility index (Phi) is 10.1. The van der Waals surface area contributed by atoms with Crippen molar-refractivity contribution in [2.24, 2.45) is 0 Å². The molecule has 4 aromatic carbocycles. The molecule has 6 rings (SSSR count). The standard InChI is InChI=1S/C38H39N3O6/c42-36(43)23-41(21-9-19-39-37(44)46-24-34-30-15-5-1-11-26(30)27-12-2-6-16-31(27)34)22-10-20-40-38(45)47-25-35-32-17-7-3-13-28(32)29-14-4-8-18-33(29)35/h1-8,11-18,34-35H,9-10,19-25H2,(H,39,44)(H,40,45)(H,42,43). The molecule has 0 saturated heterocycles. The van der Waals surface area contributed by atoms with Gasteiger partial charge in [-0.15, -0.1) is 0 Å². The first-order chi connectivity index (χ1) is 23.0. The number of ether oxygens (including phenoxy) is 2. The number of nitrogens with zero attached hydrogens (tertiary/aromatic N) is 1. The average Bonchev–Trinajstić information content (AvgIpc) is 3.58. The van der Waals surface area contributed by atoms with Gasteiger partial charge in [-0.1, -0.05) is 97.1 Å². The molecule has 2 aliphatic rings. The molecule has 0 aliphatic heterocycles. The summed E-state index contributed by atoms with van der Waals surface area (Å²) in [7, 11) is 0. The van der Waals surface area contributed by atoms with Crippen molar-refractivity contribution in [3.8, 4) is 22.3 Å².